The van der Waals surface area contributed by atoms with E-state index >= 15 is 0 Å². The molecule has 0 saturated carbocycles. The van der Waals surface area contributed by atoms with Crippen LogP contribution in [0.2, 0.25) is 0 Å². The van der Waals surface area contributed by atoms with Gasteiger partial charge < -0.3 is 10.1 Å². The van der Waals surface area contributed by atoms with Crippen LogP contribution in [0, 0.1) is 11.3 Å². The molecule has 0 aliphatic heterocycles. The fraction of sp³-hybridized carbons (Fsp3) is 0.125. The number of para-hydroxylation sites is 1. The van der Waals surface area contributed by atoms with E-state index < -0.39 is 15.9 Å². The number of benzene rings is 2. The van der Waals surface area contributed by atoms with Crippen LogP contribution in [0.5, 0.6) is 5.75 Å². The second kappa shape index (κ2) is 7.02. The number of anilines is 2. The van der Waals surface area contributed by atoms with Gasteiger partial charge in [0.1, 0.15) is 11.8 Å². The van der Waals surface area contributed by atoms with Crippen LogP contribution in [0.15, 0.2) is 42.5 Å². The summed E-state index contributed by atoms with van der Waals surface area (Å²) in [4.78, 5) is 12.4. The molecule has 0 spiro atoms. The van der Waals surface area contributed by atoms with Crippen molar-refractivity contribution in [3.05, 3.63) is 53.6 Å². The third-order valence-electron chi connectivity index (χ3n) is 3.04. The molecule has 0 aromatic heterocycles. The monoisotopic (exact) mass is 345 g/mol. The van der Waals surface area contributed by atoms with Crippen molar-refractivity contribution < 1.29 is 17.9 Å². The van der Waals surface area contributed by atoms with Gasteiger partial charge in [-0.05, 0) is 30.3 Å². The number of hydrogen-bond donors (Lipinski definition) is 2. The van der Waals surface area contributed by atoms with Crippen LogP contribution in [-0.4, -0.2) is 27.7 Å². The van der Waals surface area contributed by atoms with Crippen LogP contribution in [0.3, 0.4) is 0 Å². The molecule has 0 saturated heterocycles. The van der Waals surface area contributed by atoms with Crippen molar-refractivity contribution in [3.8, 4) is 11.8 Å². The third-order valence-corrected chi connectivity index (χ3v) is 3.64. The molecule has 0 radical (unpaired) electrons. The normalized spacial score (nSPS) is 10.5. The lowest BCUT2D eigenvalue weighted by atomic mass is 10.1. The summed E-state index contributed by atoms with van der Waals surface area (Å²) >= 11 is 0. The molecule has 7 nitrogen and oxygen atoms in total. The lowest BCUT2D eigenvalue weighted by Gasteiger charge is -2.11. The second-order valence-electron chi connectivity index (χ2n) is 4.90. The summed E-state index contributed by atoms with van der Waals surface area (Å²) in [6, 6.07) is 12.8. The van der Waals surface area contributed by atoms with Crippen molar-refractivity contribution in [1.29, 1.82) is 5.26 Å². The van der Waals surface area contributed by atoms with Crippen LogP contribution in [-0.2, 0) is 10.0 Å². The summed E-state index contributed by atoms with van der Waals surface area (Å²) in [6.07, 6.45) is 1.00. The van der Waals surface area contributed by atoms with Crippen LogP contribution in [0.4, 0.5) is 11.4 Å². The van der Waals surface area contributed by atoms with Crippen molar-refractivity contribution in [1.82, 2.24) is 0 Å². The number of carbonyl (C=O) groups excluding carboxylic acids is 1. The fourth-order valence-electron chi connectivity index (χ4n) is 2.04. The minimum Gasteiger partial charge on any atom is -0.495 e. The number of amides is 1. The van der Waals surface area contributed by atoms with Gasteiger partial charge >= 0.3 is 0 Å². The quantitative estimate of drug-likeness (QED) is 0.863. The molecule has 2 rings (SSSR count). The molecule has 24 heavy (non-hydrogen) atoms. The van der Waals surface area contributed by atoms with Gasteiger partial charge in [0.2, 0.25) is 10.0 Å². The van der Waals surface area contributed by atoms with E-state index in [2.05, 4.69) is 10.0 Å². The minimum absolute atomic E-state index is 0.164. The Bertz CT molecular complexity index is 917. The third kappa shape index (κ3) is 4.24. The standard InChI is InChI=1S/C16H15N3O4S/c1-23-15-8-7-12(9-11(15)10-17)18-16(20)13-5-3-4-6-14(13)19-24(2,21)22/h3-9,19H,1-2H3,(H,18,20). The van der Waals surface area contributed by atoms with Crippen LogP contribution < -0.4 is 14.8 Å². The van der Waals surface area contributed by atoms with Crippen molar-refractivity contribution in [2.75, 3.05) is 23.4 Å². The number of nitriles is 1. The topological polar surface area (TPSA) is 108 Å². The highest BCUT2D eigenvalue weighted by Crippen LogP contribution is 2.23. The maximum Gasteiger partial charge on any atom is 0.257 e. The number of carbonyl (C=O) groups is 1. The molecule has 0 bridgehead atoms. The van der Waals surface area contributed by atoms with Gasteiger partial charge in [-0.15, -0.1) is 0 Å². The summed E-state index contributed by atoms with van der Waals surface area (Å²) in [6.45, 7) is 0. The summed E-state index contributed by atoms with van der Waals surface area (Å²) in [7, 11) is -2.07. The summed E-state index contributed by atoms with van der Waals surface area (Å²) < 4.78 is 30.1. The second-order valence-corrected chi connectivity index (χ2v) is 6.65. The molecule has 8 heteroatoms. The first-order valence-corrected chi connectivity index (χ1v) is 8.69. The van der Waals surface area contributed by atoms with Gasteiger partial charge in [-0.3, -0.25) is 9.52 Å². The first-order valence-electron chi connectivity index (χ1n) is 6.80. The number of hydrogen-bond acceptors (Lipinski definition) is 5. The first-order chi connectivity index (χ1) is 11.3. The number of sulfonamides is 1. The number of ether oxygens (including phenoxy) is 1. The first kappa shape index (κ1) is 17.3. The zero-order valence-electron chi connectivity index (χ0n) is 13.0. The predicted molar refractivity (Wildman–Crippen MR) is 90.6 cm³/mol. The average molecular weight is 345 g/mol. The minimum atomic E-state index is -3.52. The van der Waals surface area contributed by atoms with Gasteiger partial charge in [0.05, 0.1) is 30.2 Å². The van der Waals surface area contributed by atoms with E-state index in [0.717, 1.165) is 6.26 Å². The van der Waals surface area contributed by atoms with Gasteiger partial charge in [0.15, 0.2) is 0 Å². The Labute approximate surface area is 139 Å². The molecule has 0 aliphatic carbocycles. The smallest absolute Gasteiger partial charge is 0.257 e. The van der Waals surface area contributed by atoms with E-state index in [0.29, 0.717) is 11.4 Å². The lowest BCUT2D eigenvalue weighted by molar-refractivity contribution is 0.102. The van der Waals surface area contributed by atoms with Gasteiger partial charge in [-0.2, -0.15) is 5.26 Å². The molecular formula is C16H15N3O4S. The number of nitrogens with one attached hydrogen (secondary N) is 2. The van der Waals surface area contributed by atoms with Gasteiger partial charge in [0, 0.05) is 5.69 Å². The molecule has 1 amide bonds. The Kier molecular flexibility index (Phi) is 5.06. The Morgan fingerprint density at radius 2 is 1.92 bits per heavy atom. The van der Waals surface area contributed by atoms with Crippen molar-refractivity contribution in [2.24, 2.45) is 0 Å². The fourth-order valence-corrected chi connectivity index (χ4v) is 2.62. The van der Waals surface area contributed by atoms with Crippen LogP contribution >= 0.6 is 0 Å². The molecule has 0 aliphatic rings. The molecular weight excluding hydrogens is 330 g/mol. The summed E-state index contributed by atoms with van der Waals surface area (Å²) in [5.74, 6) is -0.106. The number of methoxy groups -OCH3 is 1. The number of rotatable bonds is 5. The highest BCUT2D eigenvalue weighted by molar-refractivity contribution is 7.92. The maximum atomic E-state index is 12.4. The van der Waals surface area contributed by atoms with E-state index in [1.165, 1.54) is 25.3 Å². The lowest BCUT2D eigenvalue weighted by Crippen LogP contribution is -2.17. The summed E-state index contributed by atoms with van der Waals surface area (Å²) in [5, 5.41) is 11.7. The molecule has 0 atom stereocenters. The van der Waals surface area contributed by atoms with Crippen LogP contribution in [0.1, 0.15) is 15.9 Å². The zero-order chi connectivity index (χ0) is 17.7. The Balaban J connectivity index is 2.30. The highest BCUT2D eigenvalue weighted by atomic mass is 32.2. The van der Waals surface area contributed by atoms with Gasteiger partial charge in [0.25, 0.3) is 5.91 Å². The molecule has 0 fully saturated rings. The Morgan fingerprint density at radius 3 is 2.54 bits per heavy atom. The van der Waals surface area contributed by atoms with E-state index in [-0.39, 0.29) is 16.8 Å². The van der Waals surface area contributed by atoms with E-state index in [1.807, 2.05) is 6.07 Å². The molecule has 2 aromatic carbocycles. The molecule has 124 valence electrons. The van der Waals surface area contributed by atoms with Crippen LogP contribution in [0.25, 0.3) is 0 Å². The molecule has 0 heterocycles. The van der Waals surface area contributed by atoms with E-state index in [9.17, 15) is 13.2 Å². The molecule has 2 N–H and O–H groups in total. The van der Waals surface area contributed by atoms with Gasteiger partial charge in [-0.1, -0.05) is 12.1 Å². The van der Waals surface area contributed by atoms with E-state index in [1.54, 1.807) is 24.3 Å². The number of nitrogens with zero attached hydrogens (tertiary/aromatic N) is 1. The summed E-state index contributed by atoms with van der Waals surface area (Å²) in [5.41, 5.74) is 1.01. The zero-order valence-corrected chi connectivity index (χ0v) is 13.8. The highest BCUT2D eigenvalue weighted by Gasteiger charge is 2.14. The Morgan fingerprint density at radius 1 is 1.21 bits per heavy atom. The Hall–Kier alpha value is -3.05. The van der Waals surface area contributed by atoms with Gasteiger partial charge in [-0.25, -0.2) is 8.42 Å². The average Bonchev–Trinajstić information content (AvgIpc) is 2.53. The maximum absolute atomic E-state index is 12.4. The molecule has 2 aromatic rings. The van der Waals surface area contributed by atoms with Crippen molar-refractivity contribution >= 4 is 27.3 Å². The SMILES string of the molecule is COc1ccc(NC(=O)c2ccccc2NS(C)(=O)=O)cc1C#N. The molecule has 0 unspecified atom stereocenters. The van der Waals surface area contributed by atoms with Crippen molar-refractivity contribution in [2.45, 2.75) is 0 Å². The predicted octanol–water partition coefficient (Wildman–Crippen LogP) is 2.19. The van der Waals surface area contributed by atoms with Crippen molar-refractivity contribution in [3.63, 3.8) is 0 Å². The largest absolute Gasteiger partial charge is 0.495 e. The van der Waals surface area contributed by atoms with E-state index in [4.69, 9.17) is 10.00 Å².